The first kappa shape index (κ1) is 10.2. The normalized spacial score (nSPS) is 26.5. The van der Waals surface area contributed by atoms with Crippen LogP contribution in [0.25, 0.3) is 0 Å². The Morgan fingerprint density at radius 2 is 2.07 bits per heavy atom. The Kier molecular flexibility index (Phi) is 2.73. The summed E-state index contributed by atoms with van der Waals surface area (Å²) in [5, 5.41) is 18.0. The van der Waals surface area contributed by atoms with Gasteiger partial charge in [-0.3, -0.25) is 0 Å². The lowest BCUT2D eigenvalue weighted by atomic mass is 9.87. The summed E-state index contributed by atoms with van der Waals surface area (Å²) in [5.41, 5.74) is -0.0453. The van der Waals surface area contributed by atoms with Crippen molar-refractivity contribution in [1.82, 2.24) is 4.98 Å². The lowest BCUT2D eigenvalue weighted by Crippen LogP contribution is -2.17. The van der Waals surface area contributed by atoms with E-state index in [2.05, 4.69) is 4.98 Å². The molecule has 5 heteroatoms. The van der Waals surface area contributed by atoms with E-state index in [4.69, 9.17) is 9.52 Å². The highest BCUT2D eigenvalue weighted by Gasteiger charge is 2.25. The van der Waals surface area contributed by atoms with Crippen LogP contribution in [0.4, 0.5) is 0 Å². The molecule has 2 N–H and O–H groups in total. The van der Waals surface area contributed by atoms with Crippen molar-refractivity contribution >= 4 is 5.97 Å². The average molecular weight is 211 g/mol. The predicted octanol–water partition coefficient (Wildman–Crippen LogP) is 1.39. The molecule has 2 rings (SSSR count). The molecule has 1 aromatic rings. The fourth-order valence-electron chi connectivity index (χ4n) is 1.90. The number of carboxylic acid groups (broad SMARTS) is 1. The molecule has 0 atom stereocenters. The first-order chi connectivity index (χ1) is 7.16. The molecule has 1 fully saturated rings. The van der Waals surface area contributed by atoms with Crippen LogP contribution >= 0.6 is 0 Å². The Balaban J connectivity index is 2.06. The maximum absolute atomic E-state index is 10.6. The zero-order valence-corrected chi connectivity index (χ0v) is 8.22. The van der Waals surface area contributed by atoms with E-state index in [1.807, 2.05) is 0 Å². The number of hydrogen-bond donors (Lipinski definition) is 2. The van der Waals surface area contributed by atoms with E-state index >= 15 is 0 Å². The van der Waals surface area contributed by atoms with Gasteiger partial charge in [0.05, 0.1) is 6.10 Å². The number of carbonyl (C=O) groups is 1. The van der Waals surface area contributed by atoms with Crippen LogP contribution in [0.1, 0.15) is 48.0 Å². The summed E-state index contributed by atoms with van der Waals surface area (Å²) >= 11 is 0. The largest absolute Gasteiger partial charge is 0.476 e. The summed E-state index contributed by atoms with van der Waals surface area (Å²) in [6, 6.07) is 0. The van der Waals surface area contributed by atoms with Crippen LogP contribution in [0.15, 0.2) is 10.7 Å². The maximum atomic E-state index is 10.6. The van der Waals surface area contributed by atoms with Gasteiger partial charge >= 0.3 is 5.97 Å². The fraction of sp³-hybridized carbons (Fsp3) is 0.600. The van der Waals surface area contributed by atoms with Crippen LogP contribution in [0.3, 0.4) is 0 Å². The SMILES string of the molecule is O=C(O)c1coc(C2CCC(O)CC2)n1. The van der Waals surface area contributed by atoms with Crippen molar-refractivity contribution in [2.75, 3.05) is 0 Å². The topological polar surface area (TPSA) is 83.6 Å². The molecule has 1 aromatic heterocycles. The molecule has 0 bridgehead atoms. The van der Waals surface area contributed by atoms with Crippen LogP contribution < -0.4 is 0 Å². The van der Waals surface area contributed by atoms with Crippen molar-refractivity contribution in [1.29, 1.82) is 0 Å². The lowest BCUT2D eigenvalue weighted by molar-refractivity contribution is 0.0690. The second-order valence-electron chi connectivity index (χ2n) is 3.88. The van der Waals surface area contributed by atoms with E-state index in [9.17, 15) is 9.90 Å². The Bertz CT molecular complexity index is 352. The molecule has 0 radical (unpaired) electrons. The summed E-state index contributed by atoms with van der Waals surface area (Å²) in [6.45, 7) is 0. The molecule has 0 aliphatic heterocycles. The molecule has 1 heterocycles. The first-order valence-corrected chi connectivity index (χ1v) is 5.03. The fourth-order valence-corrected chi connectivity index (χ4v) is 1.90. The number of rotatable bonds is 2. The monoisotopic (exact) mass is 211 g/mol. The second kappa shape index (κ2) is 4.02. The van der Waals surface area contributed by atoms with E-state index in [0.717, 1.165) is 25.7 Å². The molecule has 1 aliphatic rings. The van der Waals surface area contributed by atoms with Gasteiger partial charge in [0.15, 0.2) is 11.6 Å². The molecule has 5 nitrogen and oxygen atoms in total. The molecule has 0 aromatic carbocycles. The van der Waals surface area contributed by atoms with E-state index in [1.165, 1.54) is 6.26 Å². The number of aliphatic hydroxyl groups excluding tert-OH is 1. The van der Waals surface area contributed by atoms with Gasteiger partial charge in [-0.2, -0.15) is 0 Å². The van der Waals surface area contributed by atoms with E-state index in [1.54, 1.807) is 0 Å². The quantitative estimate of drug-likeness (QED) is 0.772. The van der Waals surface area contributed by atoms with Gasteiger partial charge in [0, 0.05) is 5.92 Å². The third-order valence-corrected chi connectivity index (χ3v) is 2.79. The van der Waals surface area contributed by atoms with Crippen LogP contribution in [0, 0.1) is 0 Å². The maximum Gasteiger partial charge on any atom is 0.357 e. The highest BCUT2D eigenvalue weighted by atomic mass is 16.4. The smallest absolute Gasteiger partial charge is 0.357 e. The Hall–Kier alpha value is -1.36. The summed E-state index contributed by atoms with van der Waals surface area (Å²) in [5.74, 6) is -0.429. The Morgan fingerprint density at radius 1 is 1.40 bits per heavy atom. The minimum absolute atomic E-state index is 0.0453. The average Bonchev–Trinajstić information content (AvgIpc) is 2.68. The van der Waals surface area contributed by atoms with Gasteiger partial charge in [-0.1, -0.05) is 0 Å². The predicted molar refractivity (Wildman–Crippen MR) is 50.7 cm³/mol. The molecular weight excluding hydrogens is 198 g/mol. The molecular formula is C10H13NO4. The van der Waals surface area contributed by atoms with Crippen molar-refractivity contribution in [3.8, 4) is 0 Å². The zero-order valence-electron chi connectivity index (χ0n) is 8.22. The van der Waals surface area contributed by atoms with E-state index in [0.29, 0.717) is 5.89 Å². The van der Waals surface area contributed by atoms with Crippen molar-refractivity contribution in [2.24, 2.45) is 0 Å². The third kappa shape index (κ3) is 2.18. The van der Waals surface area contributed by atoms with Crippen molar-refractivity contribution in [2.45, 2.75) is 37.7 Å². The summed E-state index contributed by atoms with van der Waals surface area (Å²) in [4.78, 5) is 14.5. The minimum Gasteiger partial charge on any atom is -0.476 e. The number of hydrogen-bond acceptors (Lipinski definition) is 4. The summed E-state index contributed by atoms with van der Waals surface area (Å²) in [6.07, 6.45) is 4.02. The van der Waals surface area contributed by atoms with Crippen molar-refractivity contribution in [3.05, 3.63) is 17.8 Å². The molecule has 1 aliphatic carbocycles. The van der Waals surface area contributed by atoms with Gasteiger partial charge in [0.2, 0.25) is 0 Å². The molecule has 0 spiro atoms. The number of aliphatic hydroxyl groups is 1. The highest BCUT2D eigenvalue weighted by Crippen LogP contribution is 2.32. The van der Waals surface area contributed by atoms with Crippen LogP contribution in [-0.4, -0.2) is 27.3 Å². The van der Waals surface area contributed by atoms with Crippen molar-refractivity contribution < 1.29 is 19.4 Å². The third-order valence-electron chi connectivity index (χ3n) is 2.79. The van der Waals surface area contributed by atoms with E-state index in [-0.39, 0.29) is 17.7 Å². The van der Waals surface area contributed by atoms with Gasteiger partial charge in [0.1, 0.15) is 6.26 Å². The number of carboxylic acids is 1. The number of oxazole rings is 1. The van der Waals surface area contributed by atoms with Crippen LogP contribution in [0.2, 0.25) is 0 Å². The molecule has 15 heavy (non-hydrogen) atoms. The van der Waals surface area contributed by atoms with Crippen molar-refractivity contribution in [3.63, 3.8) is 0 Å². The lowest BCUT2D eigenvalue weighted by Gasteiger charge is -2.22. The molecule has 0 unspecified atom stereocenters. The molecule has 0 amide bonds. The number of nitrogens with zero attached hydrogens (tertiary/aromatic N) is 1. The first-order valence-electron chi connectivity index (χ1n) is 5.03. The van der Waals surface area contributed by atoms with Crippen LogP contribution in [0.5, 0.6) is 0 Å². The van der Waals surface area contributed by atoms with Gasteiger partial charge in [0.25, 0.3) is 0 Å². The molecule has 1 saturated carbocycles. The second-order valence-corrected chi connectivity index (χ2v) is 3.88. The van der Waals surface area contributed by atoms with E-state index < -0.39 is 5.97 Å². The molecule has 82 valence electrons. The highest BCUT2D eigenvalue weighted by molar-refractivity contribution is 5.84. The van der Waals surface area contributed by atoms with Gasteiger partial charge < -0.3 is 14.6 Å². The summed E-state index contributed by atoms with van der Waals surface area (Å²) < 4.78 is 5.13. The van der Waals surface area contributed by atoms with Gasteiger partial charge in [-0.15, -0.1) is 0 Å². The minimum atomic E-state index is -1.07. The number of aromatic nitrogens is 1. The Morgan fingerprint density at radius 3 is 2.60 bits per heavy atom. The van der Waals surface area contributed by atoms with Gasteiger partial charge in [-0.05, 0) is 25.7 Å². The molecule has 0 saturated heterocycles. The van der Waals surface area contributed by atoms with Gasteiger partial charge in [-0.25, -0.2) is 9.78 Å². The van der Waals surface area contributed by atoms with Crippen LogP contribution in [-0.2, 0) is 0 Å². The standard InChI is InChI=1S/C10H13NO4/c12-7-3-1-6(2-4-7)9-11-8(5-15-9)10(13)14/h5-7,12H,1-4H2,(H,13,14). The summed E-state index contributed by atoms with van der Waals surface area (Å²) in [7, 11) is 0. The zero-order chi connectivity index (χ0) is 10.8. The number of aromatic carboxylic acids is 1. The Labute approximate surface area is 86.7 Å².